The normalized spacial score (nSPS) is 12.0. The molecule has 2 N–H and O–H groups in total. The summed E-state index contributed by atoms with van der Waals surface area (Å²) in [7, 11) is 1.51. The molecule has 0 bridgehead atoms. The van der Waals surface area contributed by atoms with Crippen LogP contribution < -0.4 is 10.1 Å². The van der Waals surface area contributed by atoms with Crippen LogP contribution in [0.2, 0.25) is 0 Å². The Hall–Kier alpha value is -2.50. The number of esters is 1. The van der Waals surface area contributed by atoms with Gasteiger partial charge in [0, 0.05) is 26.3 Å². The molecule has 0 saturated carbocycles. The maximum atomic E-state index is 12.0. The van der Waals surface area contributed by atoms with E-state index in [9.17, 15) is 14.7 Å². The third kappa shape index (κ3) is 14.6. The van der Waals surface area contributed by atoms with Crippen molar-refractivity contribution < 1.29 is 24.2 Å². The first kappa shape index (κ1) is 29.5. The van der Waals surface area contributed by atoms with Gasteiger partial charge in [0.05, 0.1) is 7.11 Å². The molecule has 0 heterocycles. The summed E-state index contributed by atoms with van der Waals surface area (Å²) in [6.07, 6.45) is 17.8. The molecule has 0 radical (unpaired) electrons. The Labute approximate surface area is 206 Å². The maximum Gasteiger partial charge on any atom is 0.302 e. The molecular formula is C28H45NO5. The van der Waals surface area contributed by atoms with Crippen LogP contribution in [-0.4, -0.2) is 30.2 Å². The molecule has 1 amide bonds. The van der Waals surface area contributed by atoms with E-state index in [-0.39, 0.29) is 23.7 Å². The van der Waals surface area contributed by atoms with Gasteiger partial charge in [0.1, 0.15) is 6.10 Å². The summed E-state index contributed by atoms with van der Waals surface area (Å²) in [4.78, 5) is 23.3. The van der Waals surface area contributed by atoms with Crippen LogP contribution in [0.5, 0.6) is 11.5 Å². The summed E-state index contributed by atoms with van der Waals surface area (Å²) >= 11 is 0. The van der Waals surface area contributed by atoms with Crippen molar-refractivity contribution in [1.82, 2.24) is 5.32 Å². The number of ether oxygens (including phenoxy) is 2. The number of hydrogen-bond acceptors (Lipinski definition) is 5. The molecule has 1 aromatic rings. The zero-order valence-electron chi connectivity index (χ0n) is 21.4. The lowest BCUT2D eigenvalue weighted by atomic mass is 10.1. The summed E-state index contributed by atoms with van der Waals surface area (Å²) in [6.45, 7) is 4.11. The van der Waals surface area contributed by atoms with Crippen molar-refractivity contribution >= 4 is 11.9 Å². The zero-order chi connectivity index (χ0) is 25.0. The molecule has 0 fully saturated rings. The second-order valence-corrected chi connectivity index (χ2v) is 8.88. The van der Waals surface area contributed by atoms with Crippen LogP contribution in [-0.2, 0) is 20.9 Å². The van der Waals surface area contributed by atoms with Crippen LogP contribution in [0.3, 0.4) is 0 Å². The highest BCUT2D eigenvalue weighted by Gasteiger charge is 2.10. The van der Waals surface area contributed by atoms with E-state index in [4.69, 9.17) is 9.47 Å². The average molecular weight is 476 g/mol. The van der Waals surface area contributed by atoms with Crippen LogP contribution in [0.4, 0.5) is 0 Å². The van der Waals surface area contributed by atoms with Gasteiger partial charge in [-0.1, -0.05) is 63.7 Å². The topological polar surface area (TPSA) is 84.9 Å². The third-order valence-corrected chi connectivity index (χ3v) is 5.79. The Balaban J connectivity index is 2.07. The first-order chi connectivity index (χ1) is 16.5. The summed E-state index contributed by atoms with van der Waals surface area (Å²) in [6, 6.07) is 5.08. The third-order valence-electron chi connectivity index (χ3n) is 5.79. The minimum absolute atomic E-state index is 0.00724. The van der Waals surface area contributed by atoms with E-state index in [0.29, 0.717) is 18.7 Å². The number of phenolic OH excluding ortho intramolecular Hbond substituents is 1. The Morgan fingerprint density at radius 2 is 1.76 bits per heavy atom. The molecule has 1 rings (SSSR count). The Morgan fingerprint density at radius 3 is 2.50 bits per heavy atom. The Morgan fingerprint density at radius 1 is 1.03 bits per heavy atom. The zero-order valence-corrected chi connectivity index (χ0v) is 21.4. The fourth-order valence-electron chi connectivity index (χ4n) is 3.82. The van der Waals surface area contributed by atoms with Gasteiger partial charge in [-0.25, -0.2) is 0 Å². The molecule has 0 saturated heterocycles. The first-order valence-corrected chi connectivity index (χ1v) is 12.9. The van der Waals surface area contributed by atoms with Gasteiger partial charge in [0.15, 0.2) is 11.5 Å². The van der Waals surface area contributed by atoms with E-state index in [1.165, 1.54) is 33.3 Å². The number of nitrogens with one attached hydrogen (secondary N) is 1. The van der Waals surface area contributed by atoms with Crippen molar-refractivity contribution in [3.63, 3.8) is 0 Å². The van der Waals surface area contributed by atoms with E-state index in [1.807, 2.05) is 0 Å². The van der Waals surface area contributed by atoms with E-state index in [0.717, 1.165) is 63.4 Å². The number of carbonyl (C=O) groups excluding carboxylic acids is 2. The number of aromatic hydroxyl groups is 1. The van der Waals surface area contributed by atoms with Crippen LogP contribution >= 0.6 is 0 Å². The summed E-state index contributed by atoms with van der Waals surface area (Å²) < 4.78 is 10.5. The summed E-state index contributed by atoms with van der Waals surface area (Å²) in [5.41, 5.74) is 0.895. The highest BCUT2D eigenvalue weighted by Crippen LogP contribution is 2.26. The lowest BCUT2D eigenvalue weighted by molar-refractivity contribution is -0.146. The fraction of sp³-hybridized carbons (Fsp3) is 0.643. The van der Waals surface area contributed by atoms with E-state index < -0.39 is 0 Å². The number of hydrogen-bond donors (Lipinski definition) is 2. The molecule has 0 aliphatic heterocycles. The minimum atomic E-state index is -0.192. The van der Waals surface area contributed by atoms with E-state index in [1.54, 1.807) is 18.2 Å². The molecule has 192 valence electrons. The Kier molecular flexibility index (Phi) is 16.4. The van der Waals surface area contributed by atoms with Gasteiger partial charge in [0.25, 0.3) is 0 Å². The number of allylic oxidation sites excluding steroid dienone is 1. The number of benzene rings is 1. The lowest BCUT2D eigenvalue weighted by Gasteiger charge is -2.15. The quantitative estimate of drug-likeness (QED) is 0.134. The molecule has 0 aliphatic rings. The van der Waals surface area contributed by atoms with E-state index >= 15 is 0 Å². The fourth-order valence-corrected chi connectivity index (χ4v) is 3.82. The van der Waals surface area contributed by atoms with Crippen molar-refractivity contribution in [3.05, 3.63) is 35.9 Å². The minimum Gasteiger partial charge on any atom is -0.504 e. The van der Waals surface area contributed by atoms with Crippen LogP contribution in [0, 0.1) is 0 Å². The highest BCUT2D eigenvalue weighted by molar-refractivity contribution is 5.75. The smallest absolute Gasteiger partial charge is 0.302 e. The van der Waals surface area contributed by atoms with Crippen LogP contribution in [0.25, 0.3) is 0 Å². The van der Waals surface area contributed by atoms with Crippen molar-refractivity contribution in [2.75, 3.05) is 7.11 Å². The summed E-state index contributed by atoms with van der Waals surface area (Å²) in [5.74, 6) is 0.362. The standard InChI is InChI=1S/C28H45NO5/c1-4-5-6-13-16-25(34-23(2)30)17-14-11-9-7-8-10-12-15-18-28(32)29-22-24-19-20-26(31)27(21-24)33-3/h11,14,19-21,25,31H,4-10,12-13,15-18,22H2,1-3H3,(H,29,32)/b14-11-. The molecule has 0 spiro atoms. The second-order valence-electron chi connectivity index (χ2n) is 8.88. The number of methoxy groups -OCH3 is 1. The molecule has 1 atom stereocenters. The summed E-state index contributed by atoms with van der Waals surface area (Å²) in [5, 5.41) is 12.5. The SMILES string of the molecule is CCCCCCC(C/C=C\CCCCCCCC(=O)NCc1ccc(O)c(OC)c1)OC(C)=O. The highest BCUT2D eigenvalue weighted by atomic mass is 16.5. The van der Waals surface area contributed by atoms with Gasteiger partial charge in [-0.3, -0.25) is 9.59 Å². The maximum absolute atomic E-state index is 12.0. The van der Waals surface area contributed by atoms with Gasteiger partial charge < -0.3 is 19.9 Å². The predicted octanol–water partition coefficient (Wildman–Crippen LogP) is 6.60. The predicted molar refractivity (Wildman–Crippen MR) is 137 cm³/mol. The molecule has 6 heteroatoms. The van der Waals surface area contributed by atoms with Gasteiger partial charge in [-0.05, 0) is 49.8 Å². The lowest BCUT2D eigenvalue weighted by Crippen LogP contribution is -2.22. The average Bonchev–Trinajstić information content (AvgIpc) is 2.81. The van der Waals surface area contributed by atoms with Crippen LogP contribution in [0.15, 0.2) is 30.4 Å². The molecule has 34 heavy (non-hydrogen) atoms. The number of phenols is 1. The van der Waals surface area contributed by atoms with Crippen molar-refractivity contribution in [3.8, 4) is 11.5 Å². The van der Waals surface area contributed by atoms with Gasteiger partial charge in [-0.2, -0.15) is 0 Å². The number of unbranched alkanes of at least 4 members (excludes halogenated alkanes) is 8. The van der Waals surface area contributed by atoms with Crippen molar-refractivity contribution in [1.29, 1.82) is 0 Å². The molecule has 6 nitrogen and oxygen atoms in total. The molecule has 1 unspecified atom stereocenters. The molecule has 1 aromatic carbocycles. The number of carbonyl (C=O) groups is 2. The number of rotatable bonds is 19. The van der Waals surface area contributed by atoms with E-state index in [2.05, 4.69) is 24.4 Å². The van der Waals surface area contributed by atoms with Gasteiger partial charge >= 0.3 is 5.97 Å². The largest absolute Gasteiger partial charge is 0.504 e. The molecule has 0 aromatic heterocycles. The monoisotopic (exact) mass is 475 g/mol. The van der Waals surface area contributed by atoms with Gasteiger partial charge in [-0.15, -0.1) is 0 Å². The van der Waals surface area contributed by atoms with Crippen molar-refractivity contribution in [2.45, 2.75) is 110 Å². The first-order valence-electron chi connectivity index (χ1n) is 12.9. The molecular weight excluding hydrogens is 430 g/mol. The number of amides is 1. The Bertz CT molecular complexity index is 732. The van der Waals surface area contributed by atoms with Gasteiger partial charge in [0.2, 0.25) is 5.91 Å². The van der Waals surface area contributed by atoms with Crippen LogP contribution in [0.1, 0.15) is 103 Å². The second kappa shape index (κ2) is 18.9. The van der Waals surface area contributed by atoms with Crippen molar-refractivity contribution in [2.24, 2.45) is 0 Å². The molecule has 0 aliphatic carbocycles.